The molecule has 6 nitrogen and oxygen atoms in total. The number of methoxy groups -OCH3 is 3. The van der Waals surface area contributed by atoms with Gasteiger partial charge in [0.05, 0.1) is 12.6 Å². The Labute approximate surface area is 145 Å². The molecule has 0 fully saturated rings. The van der Waals surface area contributed by atoms with Crippen LogP contribution in [0.4, 0.5) is 0 Å². The zero-order valence-electron chi connectivity index (χ0n) is 14.5. The summed E-state index contributed by atoms with van der Waals surface area (Å²) in [6.07, 6.45) is 1.11. The van der Waals surface area contributed by atoms with Crippen molar-refractivity contribution < 1.29 is 19.0 Å². The van der Waals surface area contributed by atoms with Crippen LogP contribution in [0.1, 0.15) is 22.5 Å². The number of aromatic nitrogens is 2. The molecule has 0 saturated heterocycles. The van der Waals surface area contributed by atoms with E-state index in [1.807, 2.05) is 30.3 Å². The van der Waals surface area contributed by atoms with Crippen molar-refractivity contribution in [2.45, 2.75) is 12.8 Å². The summed E-state index contributed by atoms with van der Waals surface area (Å²) in [5.74, 6) is -0.505. The summed E-state index contributed by atoms with van der Waals surface area (Å²) in [4.78, 5) is 16.6. The molecule has 2 heterocycles. The molecule has 0 unspecified atom stereocenters. The molecule has 0 amide bonds. The number of allylic oxidation sites excluding steroid dienone is 1. The van der Waals surface area contributed by atoms with Crippen LogP contribution in [0.2, 0.25) is 0 Å². The van der Waals surface area contributed by atoms with Crippen LogP contribution in [0.3, 0.4) is 0 Å². The fourth-order valence-electron chi connectivity index (χ4n) is 3.12. The topological polar surface area (TPSA) is 62.6 Å². The Morgan fingerprint density at radius 1 is 1.24 bits per heavy atom. The molecule has 0 aliphatic rings. The molecule has 0 saturated carbocycles. The van der Waals surface area contributed by atoms with Gasteiger partial charge in [-0.2, -0.15) is 0 Å². The molecule has 2 aromatic heterocycles. The van der Waals surface area contributed by atoms with E-state index in [0.717, 1.165) is 21.8 Å². The molecule has 0 bridgehead atoms. The van der Waals surface area contributed by atoms with E-state index in [0.29, 0.717) is 12.2 Å². The highest BCUT2D eigenvalue weighted by molar-refractivity contribution is 6.10. The number of rotatable bonds is 6. The van der Waals surface area contributed by atoms with Crippen LogP contribution in [-0.4, -0.2) is 36.8 Å². The van der Waals surface area contributed by atoms with Crippen LogP contribution >= 0.6 is 0 Å². The zero-order chi connectivity index (χ0) is 18.0. The van der Waals surface area contributed by atoms with E-state index in [2.05, 4.69) is 16.1 Å². The number of para-hydroxylation sites is 1. The second-order valence-electron chi connectivity index (χ2n) is 5.50. The van der Waals surface area contributed by atoms with Crippen LogP contribution in [0.25, 0.3) is 21.8 Å². The lowest BCUT2D eigenvalue weighted by Crippen LogP contribution is -2.13. The Hall–Kier alpha value is -2.70. The highest BCUT2D eigenvalue weighted by Gasteiger charge is 2.24. The van der Waals surface area contributed by atoms with Gasteiger partial charge < -0.3 is 18.8 Å². The van der Waals surface area contributed by atoms with Gasteiger partial charge >= 0.3 is 5.97 Å². The van der Waals surface area contributed by atoms with E-state index in [1.165, 1.54) is 21.3 Å². The van der Waals surface area contributed by atoms with E-state index in [4.69, 9.17) is 14.2 Å². The van der Waals surface area contributed by atoms with Crippen LogP contribution in [0.5, 0.6) is 0 Å². The third kappa shape index (κ3) is 2.79. The van der Waals surface area contributed by atoms with Gasteiger partial charge in [0.25, 0.3) is 0 Å². The lowest BCUT2D eigenvalue weighted by atomic mass is 10.1. The van der Waals surface area contributed by atoms with Crippen LogP contribution in [0.15, 0.2) is 43.0 Å². The van der Waals surface area contributed by atoms with Crippen molar-refractivity contribution in [3.63, 3.8) is 0 Å². The number of pyridine rings is 1. The first kappa shape index (κ1) is 17.1. The number of ether oxygens (including phenoxy) is 3. The number of fused-ring (bicyclic) bond motifs is 3. The minimum absolute atomic E-state index is 0.214. The largest absolute Gasteiger partial charge is 0.464 e. The lowest BCUT2D eigenvalue weighted by molar-refractivity contribution is -0.107. The Morgan fingerprint density at radius 2 is 1.96 bits per heavy atom. The van der Waals surface area contributed by atoms with Crippen molar-refractivity contribution in [1.82, 2.24) is 9.55 Å². The molecule has 0 aliphatic heterocycles. The summed E-state index contributed by atoms with van der Waals surface area (Å²) in [6, 6.07) is 9.71. The number of carbonyl (C=O) groups is 1. The normalized spacial score (nSPS) is 11.4. The van der Waals surface area contributed by atoms with E-state index >= 15 is 0 Å². The number of nitrogens with zero attached hydrogens (tertiary/aromatic N) is 2. The number of hydrogen-bond donors (Lipinski definition) is 0. The SMILES string of the molecule is C=CCn1c2ccccc2c2cc(C(=O)OC)nc(C(OC)OC)c21. The predicted molar refractivity (Wildman–Crippen MR) is 95.5 cm³/mol. The zero-order valence-corrected chi connectivity index (χ0v) is 14.5. The highest BCUT2D eigenvalue weighted by atomic mass is 16.7. The van der Waals surface area contributed by atoms with Gasteiger partial charge in [0, 0.05) is 37.1 Å². The van der Waals surface area contributed by atoms with Crippen molar-refractivity contribution in [1.29, 1.82) is 0 Å². The fraction of sp³-hybridized carbons (Fsp3) is 0.263. The fourth-order valence-corrected chi connectivity index (χ4v) is 3.12. The van der Waals surface area contributed by atoms with Gasteiger partial charge in [-0.25, -0.2) is 9.78 Å². The summed E-state index contributed by atoms with van der Waals surface area (Å²) >= 11 is 0. The molecule has 0 N–H and O–H groups in total. The van der Waals surface area contributed by atoms with Crippen molar-refractivity contribution in [2.24, 2.45) is 0 Å². The van der Waals surface area contributed by atoms with Gasteiger partial charge in [0.1, 0.15) is 11.4 Å². The van der Waals surface area contributed by atoms with E-state index < -0.39 is 12.3 Å². The second kappa shape index (κ2) is 7.04. The monoisotopic (exact) mass is 340 g/mol. The Bertz CT molecular complexity index is 941. The Balaban J connectivity index is 2.48. The number of hydrogen-bond acceptors (Lipinski definition) is 5. The van der Waals surface area contributed by atoms with Gasteiger partial charge in [-0.3, -0.25) is 0 Å². The molecular weight excluding hydrogens is 320 g/mol. The van der Waals surface area contributed by atoms with Crippen LogP contribution in [0, 0.1) is 0 Å². The van der Waals surface area contributed by atoms with Crippen molar-refractivity contribution >= 4 is 27.8 Å². The van der Waals surface area contributed by atoms with E-state index in [1.54, 1.807) is 6.07 Å². The maximum atomic E-state index is 12.1. The number of carbonyl (C=O) groups excluding carboxylic acids is 1. The molecule has 0 spiro atoms. The minimum Gasteiger partial charge on any atom is -0.464 e. The summed E-state index contributed by atoms with van der Waals surface area (Å²) in [5.41, 5.74) is 2.61. The summed E-state index contributed by atoms with van der Waals surface area (Å²) in [7, 11) is 4.40. The maximum Gasteiger partial charge on any atom is 0.356 e. The predicted octanol–water partition coefficient (Wildman–Crippen LogP) is 3.45. The molecule has 1 aromatic carbocycles. The lowest BCUT2D eigenvalue weighted by Gasteiger charge is -2.16. The third-order valence-electron chi connectivity index (χ3n) is 4.13. The molecule has 0 atom stereocenters. The summed E-state index contributed by atoms with van der Waals surface area (Å²) < 4.78 is 17.8. The molecule has 0 radical (unpaired) electrons. The second-order valence-corrected chi connectivity index (χ2v) is 5.50. The van der Waals surface area contributed by atoms with Gasteiger partial charge in [0.15, 0.2) is 0 Å². The van der Waals surface area contributed by atoms with Gasteiger partial charge in [-0.05, 0) is 12.1 Å². The summed E-state index contributed by atoms with van der Waals surface area (Å²) in [5, 5.41) is 1.90. The van der Waals surface area contributed by atoms with Crippen molar-refractivity contribution in [2.75, 3.05) is 21.3 Å². The molecule has 25 heavy (non-hydrogen) atoms. The van der Waals surface area contributed by atoms with Crippen molar-refractivity contribution in [3.8, 4) is 0 Å². The average molecular weight is 340 g/mol. The van der Waals surface area contributed by atoms with Gasteiger partial charge in [-0.15, -0.1) is 6.58 Å². The first-order valence-electron chi connectivity index (χ1n) is 7.82. The smallest absolute Gasteiger partial charge is 0.356 e. The first-order valence-corrected chi connectivity index (χ1v) is 7.82. The molecule has 0 aliphatic carbocycles. The Morgan fingerprint density at radius 3 is 2.60 bits per heavy atom. The van der Waals surface area contributed by atoms with E-state index in [9.17, 15) is 4.79 Å². The van der Waals surface area contributed by atoms with Crippen LogP contribution in [-0.2, 0) is 20.8 Å². The third-order valence-corrected chi connectivity index (χ3v) is 4.13. The molecular formula is C19H20N2O4. The molecule has 130 valence electrons. The standard InChI is InChI=1S/C19H20N2O4/c1-5-10-21-15-9-7-6-8-12(15)13-11-14(18(22)23-2)20-16(17(13)21)19(24-3)25-4/h5-9,11,19H,1,10H2,2-4H3. The van der Waals surface area contributed by atoms with Crippen LogP contribution < -0.4 is 0 Å². The van der Waals surface area contributed by atoms with Gasteiger partial charge in [0.2, 0.25) is 6.29 Å². The average Bonchev–Trinajstić information content (AvgIpc) is 2.96. The quantitative estimate of drug-likeness (QED) is 0.391. The number of benzene rings is 1. The van der Waals surface area contributed by atoms with Crippen molar-refractivity contribution in [3.05, 3.63) is 54.4 Å². The maximum absolute atomic E-state index is 12.1. The first-order chi connectivity index (χ1) is 12.2. The molecule has 6 heteroatoms. The summed E-state index contributed by atoms with van der Waals surface area (Å²) in [6.45, 7) is 4.44. The minimum atomic E-state index is -0.708. The molecule has 3 rings (SSSR count). The number of esters is 1. The highest BCUT2D eigenvalue weighted by Crippen LogP contribution is 2.34. The molecule has 3 aromatic rings. The van der Waals surface area contributed by atoms with Gasteiger partial charge in [-0.1, -0.05) is 24.3 Å². The van der Waals surface area contributed by atoms with E-state index in [-0.39, 0.29) is 5.69 Å². The Kier molecular flexibility index (Phi) is 4.83.